The van der Waals surface area contributed by atoms with Crippen molar-refractivity contribution < 1.29 is 14.3 Å². The molecule has 0 aromatic heterocycles. The van der Waals surface area contributed by atoms with Crippen molar-refractivity contribution in [2.24, 2.45) is 0 Å². The van der Waals surface area contributed by atoms with E-state index in [0.717, 1.165) is 19.5 Å². The summed E-state index contributed by atoms with van der Waals surface area (Å²) in [5.41, 5.74) is 0.527. The van der Waals surface area contributed by atoms with Crippen LogP contribution in [0.4, 0.5) is 0 Å². The van der Waals surface area contributed by atoms with Crippen molar-refractivity contribution in [3.63, 3.8) is 0 Å². The fourth-order valence-corrected chi connectivity index (χ4v) is 2.76. The molecule has 1 aliphatic rings. The molecule has 5 nitrogen and oxygen atoms in total. The first-order valence-electron chi connectivity index (χ1n) is 7.60. The van der Waals surface area contributed by atoms with E-state index in [1.807, 2.05) is 18.7 Å². The first-order chi connectivity index (χ1) is 10.6. The molecule has 1 aliphatic heterocycles. The Balaban J connectivity index is 2.27. The second-order valence-corrected chi connectivity index (χ2v) is 5.80. The predicted molar refractivity (Wildman–Crippen MR) is 87.2 cm³/mol. The van der Waals surface area contributed by atoms with Gasteiger partial charge >= 0.3 is 0 Å². The monoisotopic (exact) mass is 326 g/mol. The number of hydrogen-bond acceptors (Lipinski definition) is 4. The van der Waals surface area contributed by atoms with Crippen LogP contribution in [0.3, 0.4) is 0 Å². The molecular formula is C16H23ClN2O3. The Hall–Kier alpha value is -1.46. The number of amides is 1. The topological polar surface area (TPSA) is 50.8 Å². The smallest absolute Gasteiger partial charge is 0.254 e. The Kier molecular flexibility index (Phi) is 5.91. The van der Waals surface area contributed by atoms with Gasteiger partial charge < -0.3 is 19.7 Å². The zero-order chi connectivity index (χ0) is 16.1. The second-order valence-electron chi connectivity index (χ2n) is 5.39. The summed E-state index contributed by atoms with van der Waals surface area (Å²) in [5, 5.41) is 3.67. The third-order valence-corrected chi connectivity index (χ3v) is 3.97. The number of hydrogen-bond donors (Lipinski definition) is 1. The van der Waals surface area contributed by atoms with Crippen LogP contribution in [0.5, 0.6) is 11.5 Å². The van der Waals surface area contributed by atoms with Crippen LogP contribution in [-0.2, 0) is 0 Å². The van der Waals surface area contributed by atoms with Crippen molar-refractivity contribution in [2.75, 3.05) is 33.4 Å². The average Bonchev–Trinajstić information content (AvgIpc) is 2.53. The van der Waals surface area contributed by atoms with Crippen molar-refractivity contribution in [1.82, 2.24) is 10.2 Å². The Morgan fingerprint density at radius 2 is 2.27 bits per heavy atom. The minimum absolute atomic E-state index is 0.0313. The van der Waals surface area contributed by atoms with Gasteiger partial charge in [-0.25, -0.2) is 0 Å². The first kappa shape index (κ1) is 16.9. The minimum atomic E-state index is -0.0313. The van der Waals surface area contributed by atoms with E-state index >= 15 is 0 Å². The Morgan fingerprint density at radius 3 is 2.91 bits per heavy atom. The van der Waals surface area contributed by atoms with E-state index in [4.69, 9.17) is 21.1 Å². The molecule has 1 atom stereocenters. The number of methoxy groups -OCH3 is 1. The highest BCUT2D eigenvalue weighted by molar-refractivity contribution is 6.32. The highest BCUT2D eigenvalue weighted by atomic mass is 35.5. The van der Waals surface area contributed by atoms with Crippen LogP contribution in [-0.4, -0.2) is 50.2 Å². The van der Waals surface area contributed by atoms with E-state index in [-0.39, 0.29) is 11.9 Å². The molecule has 1 aromatic rings. The standard InChI is InChI=1S/C16H23ClN2O3/c1-4-7-22-15-13(17)8-12(9-14(15)21-3)16(20)19-6-5-18-10-11(19)2/h8-9,11,18H,4-7,10H2,1-3H3/t11-/m1/s1. The SMILES string of the molecule is CCCOc1c(Cl)cc(C(=O)N2CCNC[C@H]2C)cc1OC. The van der Waals surface area contributed by atoms with Gasteiger partial charge in [-0.15, -0.1) is 0 Å². The van der Waals surface area contributed by atoms with Crippen LogP contribution in [0.1, 0.15) is 30.6 Å². The van der Waals surface area contributed by atoms with E-state index in [0.29, 0.717) is 35.2 Å². The molecule has 0 radical (unpaired) electrons. The van der Waals surface area contributed by atoms with Gasteiger partial charge in [0.05, 0.1) is 18.7 Å². The van der Waals surface area contributed by atoms with Crippen molar-refractivity contribution in [3.8, 4) is 11.5 Å². The summed E-state index contributed by atoms with van der Waals surface area (Å²) in [6, 6.07) is 3.52. The number of benzene rings is 1. The molecular weight excluding hydrogens is 304 g/mol. The van der Waals surface area contributed by atoms with Gasteiger partial charge in [0.15, 0.2) is 11.5 Å². The van der Waals surface area contributed by atoms with Crippen LogP contribution >= 0.6 is 11.6 Å². The lowest BCUT2D eigenvalue weighted by molar-refractivity contribution is 0.0655. The Bertz CT molecular complexity index is 536. The number of halogens is 1. The number of piperazine rings is 1. The van der Waals surface area contributed by atoms with E-state index in [1.54, 1.807) is 19.2 Å². The fourth-order valence-electron chi connectivity index (χ4n) is 2.50. The highest BCUT2D eigenvalue weighted by Gasteiger charge is 2.25. The second kappa shape index (κ2) is 7.70. The zero-order valence-corrected chi connectivity index (χ0v) is 14.1. The van der Waals surface area contributed by atoms with Crippen LogP contribution in [0.25, 0.3) is 0 Å². The molecule has 1 aromatic carbocycles. The quantitative estimate of drug-likeness (QED) is 0.903. The normalized spacial score (nSPS) is 18.2. The molecule has 6 heteroatoms. The maximum atomic E-state index is 12.7. The van der Waals surface area contributed by atoms with Gasteiger partial charge in [-0.3, -0.25) is 4.79 Å². The van der Waals surface area contributed by atoms with Crippen molar-refractivity contribution >= 4 is 17.5 Å². The van der Waals surface area contributed by atoms with Crippen LogP contribution in [0, 0.1) is 0 Å². The molecule has 0 bridgehead atoms. The molecule has 1 fully saturated rings. The van der Waals surface area contributed by atoms with Crippen molar-refractivity contribution in [3.05, 3.63) is 22.7 Å². The summed E-state index contributed by atoms with van der Waals surface area (Å²) < 4.78 is 11.0. The maximum absolute atomic E-state index is 12.7. The number of nitrogens with one attached hydrogen (secondary N) is 1. The van der Waals surface area contributed by atoms with E-state index < -0.39 is 0 Å². The number of ether oxygens (including phenoxy) is 2. The van der Waals surface area contributed by atoms with Gasteiger partial charge in [-0.1, -0.05) is 18.5 Å². The molecule has 0 aliphatic carbocycles. The molecule has 1 saturated heterocycles. The van der Waals surface area contributed by atoms with Crippen LogP contribution in [0.15, 0.2) is 12.1 Å². The maximum Gasteiger partial charge on any atom is 0.254 e. The Morgan fingerprint density at radius 1 is 1.50 bits per heavy atom. The molecule has 0 saturated carbocycles. The number of nitrogens with zero attached hydrogens (tertiary/aromatic N) is 1. The predicted octanol–water partition coefficient (Wildman–Crippen LogP) is 2.57. The van der Waals surface area contributed by atoms with Gasteiger partial charge in [-0.2, -0.15) is 0 Å². The summed E-state index contributed by atoms with van der Waals surface area (Å²) in [6.45, 7) is 6.89. The molecule has 0 spiro atoms. The number of rotatable bonds is 5. The summed E-state index contributed by atoms with van der Waals surface area (Å²) in [6.07, 6.45) is 0.873. The minimum Gasteiger partial charge on any atom is -0.493 e. The van der Waals surface area contributed by atoms with Gasteiger partial charge in [-0.05, 0) is 25.5 Å². The average molecular weight is 327 g/mol. The zero-order valence-electron chi connectivity index (χ0n) is 13.3. The number of carbonyl (C=O) groups is 1. The van der Waals surface area contributed by atoms with E-state index in [2.05, 4.69) is 5.32 Å². The molecule has 1 amide bonds. The van der Waals surface area contributed by atoms with Gasteiger partial charge in [0.25, 0.3) is 5.91 Å². The largest absolute Gasteiger partial charge is 0.493 e. The lowest BCUT2D eigenvalue weighted by Crippen LogP contribution is -2.52. The molecule has 22 heavy (non-hydrogen) atoms. The van der Waals surface area contributed by atoms with E-state index in [1.165, 1.54) is 0 Å². The molecule has 1 heterocycles. The van der Waals surface area contributed by atoms with Gasteiger partial charge in [0, 0.05) is 31.2 Å². The summed E-state index contributed by atoms with van der Waals surface area (Å²) in [4.78, 5) is 14.6. The summed E-state index contributed by atoms with van der Waals surface area (Å²) >= 11 is 6.28. The fraction of sp³-hybridized carbons (Fsp3) is 0.562. The van der Waals surface area contributed by atoms with E-state index in [9.17, 15) is 4.79 Å². The van der Waals surface area contributed by atoms with Crippen molar-refractivity contribution in [2.45, 2.75) is 26.3 Å². The lowest BCUT2D eigenvalue weighted by Gasteiger charge is -2.34. The molecule has 2 rings (SSSR count). The third kappa shape index (κ3) is 3.65. The van der Waals surface area contributed by atoms with Crippen LogP contribution in [0.2, 0.25) is 5.02 Å². The summed E-state index contributed by atoms with van der Waals surface area (Å²) in [5.74, 6) is 0.958. The van der Waals surface area contributed by atoms with Crippen molar-refractivity contribution in [1.29, 1.82) is 0 Å². The van der Waals surface area contributed by atoms with Gasteiger partial charge in [0.1, 0.15) is 0 Å². The summed E-state index contributed by atoms with van der Waals surface area (Å²) in [7, 11) is 1.55. The van der Waals surface area contributed by atoms with Gasteiger partial charge in [0.2, 0.25) is 0 Å². The molecule has 122 valence electrons. The first-order valence-corrected chi connectivity index (χ1v) is 7.98. The highest BCUT2D eigenvalue weighted by Crippen LogP contribution is 2.37. The third-order valence-electron chi connectivity index (χ3n) is 3.69. The Labute approximate surface area is 136 Å². The molecule has 0 unspecified atom stereocenters. The molecule has 1 N–H and O–H groups in total. The number of carbonyl (C=O) groups excluding carboxylic acids is 1. The van der Waals surface area contributed by atoms with Crippen LogP contribution < -0.4 is 14.8 Å². The lowest BCUT2D eigenvalue weighted by atomic mass is 10.1.